The number of aryl methyl sites for hydroxylation is 1. The molecule has 1 aromatic heterocycles. The Morgan fingerprint density at radius 2 is 2.08 bits per heavy atom. The van der Waals surface area contributed by atoms with Crippen molar-refractivity contribution in [1.29, 1.82) is 0 Å². The summed E-state index contributed by atoms with van der Waals surface area (Å²) in [5.41, 5.74) is -1.11. The van der Waals surface area contributed by atoms with Crippen molar-refractivity contribution in [3.05, 3.63) is 51.2 Å². The molecular formula is C19H22ClNO3S. The summed E-state index contributed by atoms with van der Waals surface area (Å²) in [5.74, 6) is 0.305. The van der Waals surface area contributed by atoms with Crippen LogP contribution in [0.5, 0.6) is 5.75 Å². The summed E-state index contributed by atoms with van der Waals surface area (Å²) in [4.78, 5) is 13.8. The molecule has 1 unspecified atom stereocenters. The van der Waals surface area contributed by atoms with Crippen molar-refractivity contribution >= 4 is 28.8 Å². The van der Waals surface area contributed by atoms with Gasteiger partial charge in [-0.25, -0.2) is 0 Å². The van der Waals surface area contributed by atoms with Crippen molar-refractivity contribution < 1.29 is 14.6 Å². The minimum atomic E-state index is -1.06. The van der Waals surface area contributed by atoms with Crippen LogP contribution >= 0.6 is 22.9 Å². The summed E-state index contributed by atoms with van der Waals surface area (Å²) < 4.78 is 5.80. The standard InChI is InChI=1S/C19H22ClNO3S/c1-18(2,24-14-7-5-13(20)6-8-14)17(22)21-12-19(23)10-3-4-16-15(19)9-11-25-16/h5-9,11,23H,3-4,10,12H2,1-2H3,(H,21,22). The summed E-state index contributed by atoms with van der Waals surface area (Å²) in [6, 6.07) is 8.84. The van der Waals surface area contributed by atoms with Crippen LogP contribution in [0, 0.1) is 0 Å². The highest BCUT2D eigenvalue weighted by Crippen LogP contribution is 2.37. The third kappa shape index (κ3) is 4.00. The highest BCUT2D eigenvalue weighted by molar-refractivity contribution is 7.10. The molecule has 134 valence electrons. The maximum atomic E-state index is 12.6. The largest absolute Gasteiger partial charge is 0.478 e. The van der Waals surface area contributed by atoms with E-state index >= 15 is 0 Å². The first kappa shape index (κ1) is 18.2. The fourth-order valence-electron chi connectivity index (χ4n) is 3.09. The van der Waals surface area contributed by atoms with E-state index in [0.717, 1.165) is 18.4 Å². The SMILES string of the molecule is CC(C)(Oc1ccc(Cl)cc1)C(=O)NCC1(O)CCCc2sccc21. The number of carbonyl (C=O) groups excluding carboxylic acids is 1. The van der Waals surface area contributed by atoms with E-state index < -0.39 is 11.2 Å². The van der Waals surface area contributed by atoms with Crippen LogP contribution < -0.4 is 10.1 Å². The Balaban J connectivity index is 1.65. The van der Waals surface area contributed by atoms with E-state index in [9.17, 15) is 9.90 Å². The number of fused-ring (bicyclic) bond motifs is 1. The maximum Gasteiger partial charge on any atom is 0.263 e. The van der Waals surface area contributed by atoms with Crippen LogP contribution in [-0.4, -0.2) is 23.2 Å². The van der Waals surface area contributed by atoms with Crippen LogP contribution in [0.25, 0.3) is 0 Å². The van der Waals surface area contributed by atoms with Gasteiger partial charge in [-0.3, -0.25) is 4.79 Å². The molecule has 1 aliphatic rings. The number of thiophene rings is 1. The fourth-order valence-corrected chi connectivity index (χ4v) is 4.23. The monoisotopic (exact) mass is 379 g/mol. The van der Waals surface area contributed by atoms with Gasteiger partial charge >= 0.3 is 0 Å². The Bertz CT molecular complexity index is 756. The first-order chi connectivity index (χ1) is 11.8. The van der Waals surface area contributed by atoms with Gasteiger partial charge in [-0.15, -0.1) is 11.3 Å². The molecule has 0 bridgehead atoms. The normalized spacial score (nSPS) is 20.0. The van der Waals surface area contributed by atoms with Crippen molar-refractivity contribution in [3.63, 3.8) is 0 Å². The van der Waals surface area contributed by atoms with Gasteiger partial charge in [0.15, 0.2) is 5.60 Å². The third-order valence-electron chi connectivity index (χ3n) is 4.52. The van der Waals surface area contributed by atoms with E-state index in [0.29, 0.717) is 17.2 Å². The van der Waals surface area contributed by atoms with Crippen molar-refractivity contribution in [3.8, 4) is 5.75 Å². The zero-order chi connectivity index (χ0) is 18.1. The molecule has 3 rings (SSSR count). The number of amides is 1. The van der Waals surface area contributed by atoms with Crippen LogP contribution in [0.3, 0.4) is 0 Å². The van der Waals surface area contributed by atoms with Crippen LogP contribution in [0.4, 0.5) is 0 Å². The molecule has 2 aromatic rings. The van der Waals surface area contributed by atoms with Gasteiger partial charge in [0, 0.05) is 9.90 Å². The lowest BCUT2D eigenvalue weighted by Crippen LogP contribution is -2.51. The van der Waals surface area contributed by atoms with Crippen LogP contribution in [0.15, 0.2) is 35.7 Å². The molecule has 0 spiro atoms. The molecule has 0 fully saturated rings. The average Bonchev–Trinajstić information content (AvgIpc) is 3.05. The molecule has 25 heavy (non-hydrogen) atoms. The number of rotatable bonds is 5. The Kier molecular flexibility index (Phi) is 5.09. The summed E-state index contributed by atoms with van der Waals surface area (Å²) >= 11 is 7.53. The maximum absolute atomic E-state index is 12.6. The molecule has 1 amide bonds. The zero-order valence-corrected chi connectivity index (χ0v) is 15.9. The Labute approximate surface area is 156 Å². The third-order valence-corrected chi connectivity index (χ3v) is 5.75. The number of ether oxygens (including phenoxy) is 1. The van der Waals surface area contributed by atoms with Gasteiger partial charge in [0.05, 0.1) is 6.54 Å². The van der Waals surface area contributed by atoms with E-state index in [4.69, 9.17) is 16.3 Å². The highest BCUT2D eigenvalue weighted by Gasteiger charge is 2.37. The molecule has 1 aliphatic carbocycles. The molecule has 1 heterocycles. The lowest BCUT2D eigenvalue weighted by Gasteiger charge is -2.34. The molecule has 0 saturated heterocycles. The van der Waals surface area contributed by atoms with Crippen molar-refractivity contribution in [2.24, 2.45) is 0 Å². The van der Waals surface area contributed by atoms with Gasteiger partial charge in [-0.2, -0.15) is 0 Å². The van der Waals surface area contributed by atoms with Crippen LogP contribution in [0.2, 0.25) is 5.02 Å². The first-order valence-corrected chi connectivity index (χ1v) is 9.58. The molecule has 1 atom stereocenters. The quantitative estimate of drug-likeness (QED) is 0.828. The fraction of sp³-hybridized carbons (Fsp3) is 0.421. The number of aliphatic hydroxyl groups is 1. The molecular weight excluding hydrogens is 358 g/mol. The van der Waals surface area contributed by atoms with Gasteiger partial charge in [0.25, 0.3) is 5.91 Å². The second kappa shape index (κ2) is 6.98. The summed E-state index contributed by atoms with van der Waals surface area (Å²) in [6.45, 7) is 3.60. The molecule has 6 heteroatoms. The molecule has 0 aliphatic heterocycles. The second-order valence-electron chi connectivity index (χ2n) is 6.89. The van der Waals surface area contributed by atoms with E-state index in [1.54, 1.807) is 49.4 Å². The Morgan fingerprint density at radius 1 is 1.36 bits per heavy atom. The van der Waals surface area contributed by atoms with E-state index in [1.165, 1.54) is 4.88 Å². The molecule has 0 saturated carbocycles. The number of nitrogens with one attached hydrogen (secondary N) is 1. The molecule has 4 nitrogen and oxygen atoms in total. The lowest BCUT2D eigenvalue weighted by atomic mass is 9.83. The second-order valence-corrected chi connectivity index (χ2v) is 8.33. The van der Waals surface area contributed by atoms with Gasteiger partial charge in [-0.05, 0) is 74.4 Å². The number of halogens is 1. The Hall–Kier alpha value is -1.56. The first-order valence-electron chi connectivity index (χ1n) is 8.32. The summed E-state index contributed by atoms with van der Waals surface area (Å²) in [7, 11) is 0. The van der Waals surface area contributed by atoms with Crippen LogP contribution in [0.1, 0.15) is 37.1 Å². The van der Waals surface area contributed by atoms with Gasteiger partial charge in [0.2, 0.25) is 0 Å². The molecule has 1 aromatic carbocycles. The predicted molar refractivity (Wildman–Crippen MR) is 100 cm³/mol. The number of hydrogen-bond acceptors (Lipinski definition) is 4. The van der Waals surface area contributed by atoms with Crippen molar-refractivity contribution in [2.45, 2.75) is 44.3 Å². The predicted octanol–water partition coefficient (Wildman–Crippen LogP) is 3.90. The minimum absolute atomic E-state index is 0.184. The van der Waals surface area contributed by atoms with E-state index in [1.807, 2.05) is 11.4 Å². The Morgan fingerprint density at radius 3 is 2.80 bits per heavy atom. The topological polar surface area (TPSA) is 58.6 Å². The minimum Gasteiger partial charge on any atom is -0.478 e. The molecule has 0 radical (unpaired) electrons. The zero-order valence-electron chi connectivity index (χ0n) is 14.3. The smallest absolute Gasteiger partial charge is 0.263 e. The van der Waals surface area contributed by atoms with Crippen LogP contribution in [-0.2, 0) is 16.8 Å². The molecule has 2 N–H and O–H groups in total. The van der Waals surface area contributed by atoms with Crippen molar-refractivity contribution in [1.82, 2.24) is 5.32 Å². The number of benzene rings is 1. The average molecular weight is 380 g/mol. The number of hydrogen-bond donors (Lipinski definition) is 2. The van der Waals surface area contributed by atoms with Gasteiger partial charge in [-0.1, -0.05) is 11.6 Å². The summed E-state index contributed by atoms with van der Waals surface area (Å²) in [5, 5.41) is 16.5. The highest BCUT2D eigenvalue weighted by atomic mass is 35.5. The van der Waals surface area contributed by atoms with Gasteiger partial charge in [0.1, 0.15) is 11.4 Å². The van der Waals surface area contributed by atoms with E-state index in [2.05, 4.69) is 5.32 Å². The van der Waals surface area contributed by atoms with E-state index in [-0.39, 0.29) is 12.5 Å². The van der Waals surface area contributed by atoms with Crippen molar-refractivity contribution in [2.75, 3.05) is 6.54 Å². The van der Waals surface area contributed by atoms with Gasteiger partial charge < -0.3 is 15.2 Å². The summed E-state index contributed by atoms with van der Waals surface area (Å²) in [6.07, 6.45) is 2.56. The lowest BCUT2D eigenvalue weighted by molar-refractivity contribution is -0.135. The number of carbonyl (C=O) groups is 1.